The lowest BCUT2D eigenvalue weighted by atomic mass is 10.2. The number of nitrogen functional groups attached to an aromatic ring is 1. The lowest BCUT2D eigenvalue weighted by Crippen LogP contribution is -2.18. The van der Waals surface area contributed by atoms with Gasteiger partial charge in [-0.05, 0) is 11.4 Å². The minimum atomic E-state index is 0.522. The molecule has 5 heteroatoms. The third-order valence-corrected chi connectivity index (χ3v) is 4.46. The molecule has 0 aliphatic carbocycles. The SMILES string of the molecule is Nc1nc(C2CSC2)nc2sccc12. The summed E-state index contributed by atoms with van der Waals surface area (Å²) in [6.07, 6.45) is 0. The van der Waals surface area contributed by atoms with Crippen LogP contribution in [-0.2, 0) is 0 Å². The van der Waals surface area contributed by atoms with Crippen molar-refractivity contribution < 1.29 is 0 Å². The van der Waals surface area contributed by atoms with E-state index in [1.165, 1.54) is 0 Å². The zero-order valence-electron chi connectivity index (χ0n) is 7.43. The number of aromatic nitrogens is 2. The van der Waals surface area contributed by atoms with Gasteiger partial charge in [-0.15, -0.1) is 11.3 Å². The molecule has 0 bridgehead atoms. The van der Waals surface area contributed by atoms with Crippen LogP contribution in [0.25, 0.3) is 10.2 Å². The molecular formula is C9H9N3S2. The topological polar surface area (TPSA) is 51.8 Å². The van der Waals surface area contributed by atoms with Crippen LogP contribution in [0.1, 0.15) is 11.7 Å². The van der Waals surface area contributed by atoms with Crippen molar-refractivity contribution in [3.63, 3.8) is 0 Å². The number of hydrogen-bond donors (Lipinski definition) is 1. The molecule has 2 aromatic heterocycles. The highest BCUT2D eigenvalue weighted by Gasteiger charge is 2.24. The van der Waals surface area contributed by atoms with Crippen molar-refractivity contribution >= 4 is 39.1 Å². The van der Waals surface area contributed by atoms with Crippen LogP contribution in [-0.4, -0.2) is 21.5 Å². The van der Waals surface area contributed by atoms with Gasteiger partial charge in [0.05, 0.1) is 5.39 Å². The molecule has 1 fully saturated rings. The van der Waals surface area contributed by atoms with Crippen LogP contribution in [0.3, 0.4) is 0 Å². The van der Waals surface area contributed by atoms with Crippen molar-refractivity contribution in [1.29, 1.82) is 0 Å². The van der Waals surface area contributed by atoms with E-state index >= 15 is 0 Å². The second-order valence-corrected chi connectivity index (χ2v) is 5.31. The number of rotatable bonds is 1. The second kappa shape index (κ2) is 3.10. The molecule has 2 N–H and O–H groups in total. The predicted molar refractivity (Wildman–Crippen MR) is 61.9 cm³/mol. The van der Waals surface area contributed by atoms with Crippen molar-refractivity contribution in [2.45, 2.75) is 5.92 Å². The summed E-state index contributed by atoms with van der Waals surface area (Å²) >= 11 is 3.57. The Bertz CT molecular complexity index is 476. The van der Waals surface area contributed by atoms with Crippen LogP contribution in [0.15, 0.2) is 11.4 Å². The maximum absolute atomic E-state index is 5.87. The van der Waals surface area contributed by atoms with E-state index in [0.29, 0.717) is 11.7 Å². The fourth-order valence-electron chi connectivity index (χ4n) is 1.46. The molecule has 0 radical (unpaired) electrons. The highest BCUT2D eigenvalue weighted by molar-refractivity contribution is 8.00. The number of fused-ring (bicyclic) bond motifs is 1. The van der Waals surface area contributed by atoms with Crippen LogP contribution in [0.4, 0.5) is 5.82 Å². The molecular weight excluding hydrogens is 214 g/mol. The Kier molecular flexibility index (Phi) is 1.88. The van der Waals surface area contributed by atoms with Gasteiger partial charge in [-0.2, -0.15) is 11.8 Å². The minimum absolute atomic E-state index is 0.522. The Labute approximate surface area is 89.7 Å². The Balaban J connectivity index is 2.16. The molecule has 0 aromatic carbocycles. The molecule has 3 heterocycles. The first-order chi connectivity index (χ1) is 6.84. The summed E-state index contributed by atoms with van der Waals surface area (Å²) in [6, 6.07) is 1.98. The summed E-state index contributed by atoms with van der Waals surface area (Å²) in [7, 11) is 0. The Hall–Kier alpha value is -0.810. The molecule has 0 amide bonds. The quantitative estimate of drug-likeness (QED) is 0.804. The van der Waals surface area contributed by atoms with E-state index in [0.717, 1.165) is 27.5 Å². The fourth-order valence-corrected chi connectivity index (χ4v) is 3.01. The highest BCUT2D eigenvalue weighted by atomic mass is 32.2. The van der Waals surface area contributed by atoms with Gasteiger partial charge in [0.25, 0.3) is 0 Å². The van der Waals surface area contributed by atoms with Gasteiger partial charge in [-0.25, -0.2) is 9.97 Å². The van der Waals surface area contributed by atoms with Gasteiger partial charge in [0, 0.05) is 17.4 Å². The Morgan fingerprint density at radius 3 is 2.93 bits per heavy atom. The van der Waals surface area contributed by atoms with E-state index in [1.54, 1.807) is 11.3 Å². The lowest BCUT2D eigenvalue weighted by molar-refractivity contribution is 0.775. The van der Waals surface area contributed by atoms with Gasteiger partial charge in [-0.1, -0.05) is 0 Å². The van der Waals surface area contributed by atoms with E-state index in [9.17, 15) is 0 Å². The van der Waals surface area contributed by atoms with Crippen molar-refractivity contribution in [2.24, 2.45) is 0 Å². The summed E-state index contributed by atoms with van der Waals surface area (Å²) in [5, 5.41) is 3.00. The van der Waals surface area contributed by atoms with Crippen LogP contribution < -0.4 is 5.73 Å². The summed E-state index contributed by atoms with van der Waals surface area (Å²) in [5.41, 5.74) is 5.87. The van der Waals surface area contributed by atoms with Gasteiger partial charge in [0.2, 0.25) is 0 Å². The zero-order valence-corrected chi connectivity index (χ0v) is 9.07. The number of anilines is 1. The zero-order chi connectivity index (χ0) is 9.54. The highest BCUT2D eigenvalue weighted by Crippen LogP contribution is 2.34. The van der Waals surface area contributed by atoms with Crippen LogP contribution in [0.2, 0.25) is 0 Å². The minimum Gasteiger partial charge on any atom is -0.383 e. The first-order valence-electron chi connectivity index (χ1n) is 4.43. The molecule has 72 valence electrons. The first-order valence-corrected chi connectivity index (χ1v) is 6.46. The fraction of sp³-hybridized carbons (Fsp3) is 0.333. The van der Waals surface area contributed by atoms with E-state index in [2.05, 4.69) is 9.97 Å². The normalized spacial score (nSPS) is 17.1. The summed E-state index contributed by atoms with van der Waals surface area (Å²) in [5.74, 6) is 4.35. The number of thioether (sulfide) groups is 1. The number of nitrogens with two attached hydrogens (primary N) is 1. The maximum Gasteiger partial charge on any atom is 0.137 e. The number of thiophene rings is 1. The molecule has 1 aliphatic rings. The van der Waals surface area contributed by atoms with Gasteiger partial charge in [0.15, 0.2) is 0 Å². The lowest BCUT2D eigenvalue weighted by Gasteiger charge is -2.23. The summed E-state index contributed by atoms with van der Waals surface area (Å²) in [6.45, 7) is 0. The van der Waals surface area contributed by atoms with E-state index in [1.807, 2.05) is 23.2 Å². The molecule has 3 rings (SSSR count). The largest absolute Gasteiger partial charge is 0.383 e. The van der Waals surface area contributed by atoms with Crippen LogP contribution in [0.5, 0.6) is 0 Å². The Morgan fingerprint density at radius 1 is 1.36 bits per heavy atom. The summed E-state index contributed by atoms with van der Waals surface area (Å²) < 4.78 is 0. The van der Waals surface area contributed by atoms with Gasteiger partial charge < -0.3 is 5.73 Å². The predicted octanol–water partition coefficient (Wildman–Crippen LogP) is 2.10. The van der Waals surface area contributed by atoms with Gasteiger partial charge in [0.1, 0.15) is 16.5 Å². The third-order valence-electron chi connectivity index (χ3n) is 2.38. The molecule has 0 unspecified atom stereocenters. The van der Waals surface area contributed by atoms with E-state index < -0.39 is 0 Å². The smallest absolute Gasteiger partial charge is 0.137 e. The van der Waals surface area contributed by atoms with Crippen molar-refractivity contribution in [3.8, 4) is 0 Å². The molecule has 0 saturated carbocycles. The molecule has 14 heavy (non-hydrogen) atoms. The average Bonchev–Trinajstić information content (AvgIpc) is 2.48. The molecule has 1 saturated heterocycles. The maximum atomic E-state index is 5.87. The van der Waals surface area contributed by atoms with Crippen molar-refractivity contribution in [3.05, 3.63) is 17.3 Å². The standard InChI is InChI=1S/C9H9N3S2/c10-7-6-1-2-14-9(6)12-8(11-7)5-3-13-4-5/h1-2,5H,3-4H2,(H2,10,11,12). The van der Waals surface area contributed by atoms with E-state index in [4.69, 9.17) is 5.73 Å². The number of nitrogens with zero attached hydrogens (tertiary/aromatic N) is 2. The number of hydrogen-bond acceptors (Lipinski definition) is 5. The second-order valence-electron chi connectivity index (χ2n) is 3.34. The monoisotopic (exact) mass is 223 g/mol. The van der Waals surface area contributed by atoms with Crippen molar-refractivity contribution in [1.82, 2.24) is 9.97 Å². The third kappa shape index (κ3) is 1.19. The van der Waals surface area contributed by atoms with Crippen LogP contribution in [0, 0.1) is 0 Å². The molecule has 3 nitrogen and oxygen atoms in total. The van der Waals surface area contributed by atoms with Crippen molar-refractivity contribution in [2.75, 3.05) is 17.2 Å². The average molecular weight is 223 g/mol. The first kappa shape index (κ1) is 8.49. The van der Waals surface area contributed by atoms with Gasteiger partial charge in [-0.3, -0.25) is 0 Å². The summed E-state index contributed by atoms with van der Waals surface area (Å²) in [4.78, 5) is 9.91. The van der Waals surface area contributed by atoms with Crippen LogP contribution >= 0.6 is 23.1 Å². The molecule has 0 atom stereocenters. The molecule has 0 spiro atoms. The van der Waals surface area contributed by atoms with E-state index in [-0.39, 0.29) is 0 Å². The molecule has 1 aliphatic heterocycles. The Morgan fingerprint density at radius 2 is 2.21 bits per heavy atom. The van der Waals surface area contributed by atoms with Gasteiger partial charge >= 0.3 is 0 Å². The molecule has 2 aromatic rings.